The molecule has 0 spiro atoms. The minimum Gasteiger partial charge on any atom is -0.444 e. The molecule has 0 unspecified atom stereocenters. The molecule has 0 aromatic heterocycles. The fraction of sp³-hybridized carbons (Fsp3) is 0.929. The Kier molecular flexibility index (Phi) is 3.80. The molecule has 2 saturated heterocycles. The van der Waals surface area contributed by atoms with Crippen molar-refractivity contribution in [3.63, 3.8) is 0 Å². The number of piperidine rings is 1. The second-order valence-electron chi connectivity index (χ2n) is 7.07. The molecule has 1 N–H and O–H groups in total. The van der Waals surface area contributed by atoms with Crippen LogP contribution in [0, 0.1) is 0 Å². The lowest BCUT2D eigenvalue weighted by Gasteiger charge is -2.48. The lowest BCUT2D eigenvalue weighted by atomic mass is 9.92. The number of hydrogen-bond donors (Lipinski definition) is 1. The minimum absolute atomic E-state index is 0.215. The highest BCUT2D eigenvalue weighted by Crippen LogP contribution is 2.26. The van der Waals surface area contributed by atoms with E-state index in [4.69, 9.17) is 4.74 Å². The third-order valence-electron chi connectivity index (χ3n) is 3.91. The molecule has 110 valence electrons. The van der Waals surface area contributed by atoms with E-state index in [9.17, 15) is 9.90 Å². The average molecular weight is 270 g/mol. The van der Waals surface area contributed by atoms with Crippen LogP contribution in [0.5, 0.6) is 0 Å². The Bertz CT molecular complexity index is 333. The maximum atomic E-state index is 11.8. The topological polar surface area (TPSA) is 53.0 Å². The van der Waals surface area contributed by atoms with Gasteiger partial charge in [-0.3, -0.25) is 4.90 Å². The van der Waals surface area contributed by atoms with Gasteiger partial charge >= 0.3 is 6.09 Å². The number of carbonyl (C=O) groups is 1. The van der Waals surface area contributed by atoms with E-state index < -0.39 is 11.2 Å². The Morgan fingerprint density at radius 1 is 1.26 bits per heavy atom. The summed E-state index contributed by atoms with van der Waals surface area (Å²) < 4.78 is 5.34. The van der Waals surface area contributed by atoms with Crippen LogP contribution < -0.4 is 0 Å². The van der Waals surface area contributed by atoms with E-state index in [1.54, 1.807) is 4.90 Å². The molecular weight excluding hydrogens is 244 g/mol. The molecular formula is C14H26N2O3. The molecule has 5 heteroatoms. The summed E-state index contributed by atoms with van der Waals surface area (Å²) in [5.41, 5.74) is -0.933. The van der Waals surface area contributed by atoms with Crippen LogP contribution in [0.1, 0.15) is 40.5 Å². The van der Waals surface area contributed by atoms with Gasteiger partial charge in [-0.15, -0.1) is 0 Å². The van der Waals surface area contributed by atoms with Gasteiger partial charge in [0.15, 0.2) is 0 Å². The normalized spacial score (nSPS) is 25.0. The third kappa shape index (κ3) is 3.83. The van der Waals surface area contributed by atoms with Crippen molar-refractivity contribution in [2.75, 3.05) is 26.2 Å². The molecule has 2 rings (SSSR count). The zero-order valence-corrected chi connectivity index (χ0v) is 12.5. The molecule has 0 aliphatic carbocycles. The quantitative estimate of drug-likeness (QED) is 0.783. The molecule has 2 heterocycles. The first-order chi connectivity index (χ1) is 8.66. The highest BCUT2D eigenvalue weighted by Gasteiger charge is 2.39. The zero-order valence-electron chi connectivity index (χ0n) is 12.5. The summed E-state index contributed by atoms with van der Waals surface area (Å²) in [6.07, 6.45) is 1.42. The van der Waals surface area contributed by atoms with Gasteiger partial charge in [-0.05, 0) is 40.5 Å². The summed E-state index contributed by atoms with van der Waals surface area (Å²) in [5.74, 6) is 0. The van der Waals surface area contributed by atoms with E-state index in [0.717, 1.165) is 39.0 Å². The van der Waals surface area contributed by atoms with Crippen LogP contribution in [0.25, 0.3) is 0 Å². The van der Waals surface area contributed by atoms with Crippen LogP contribution in [-0.4, -0.2) is 64.4 Å². The Morgan fingerprint density at radius 2 is 1.79 bits per heavy atom. The van der Waals surface area contributed by atoms with Crippen molar-refractivity contribution in [3.8, 4) is 0 Å². The molecule has 1 amide bonds. The number of likely N-dealkylation sites (tertiary alicyclic amines) is 2. The van der Waals surface area contributed by atoms with Crippen LogP contribution in [-0.2, 0) is 4.74 Å². The average Bonchev–Trinajstić information content (AvgIpc) is 2.15. The van der Waals surface area contributed by atoms with Crippen LogP contribution in [0.15, 0.2) is 0 Å². The van der Waals surface area contributed by atoms with Crippen LogP contribution >= 0.6 is 0 Å². The zero-order chi connectivity index (χ0) is 14.3. The predicted molar refractivity (Wildman–Crippen MR) is 73.0 cm³/mol. The fourth-order valence-electron chi connectivity index (χ4n) is 2.53. The van der Waals surface area contributed by atoms with Crippen molar-refractivity contribution < 1.29 is 14.6 Å². The summed E-state index contributed by atoms with van der Waals surface area (Å²) >= 11 is 0. The van der Waals surface area contributed by atoms with Crippen molar-refractivity contribution in [2.45, 2.75) is 57.8 Å². The van der Waals surface area contributed by atoms with Crippen molar-refractivity contribution >= 4 is 6.09 Å². The molecule has 0 bridgehead atoms. The van der Waals surface area contributed by atoms with Crippen molar-refractivity contribution in [2.24, 2.45) is 0 Å². The van der Waals surface area contributed by atoms with E-state index in [0.29, 0.717) is 6.04 Å². The van der Waals surface area contributed by atoms with E-state index in [-0.39, 0.29) is 6.09 Å². The number of nitrogens with zero attached hydrogens (tertiary/aromatic N) is 2. The van der Waals surface area contributed by atoms with Crippen molar-refractivity contribution in [1.29, 1.82) is 0 Å². The highest BCUT2D eigenvalue weighted by molar-refractivity contribution is 5.69. The second kappa shape index (κ2) is 4.94. The Morgan fingerprint density at radius 3 is 2.26 bits per heavy atom. The van der Waals surface area contributed by atoms with E-state index in [1.165, 1.54) is 0 Å². The molecule has 2 aliphatic heterocycles. The standard InChI is InChI=1S/C14H26N2O3/c1-13(2,3)19-12(17)16-9-11(10-16)15-7-5-14(4,18)6-8-15/h11,18H,5-10H2,1-4H3. The van der Waals surface area contributed by atoms with Gasteiger partial charge in [0.1, 0.15) is 5.60 Å². The van der Waals surface area contributed by atoms with Crippen molar-refractivity contribution in [1.82, 2.24) is 9.80 Å². The first kappa shape index (κ1) is 14.6. The SMILES string of the molecule is CC1(O)CCN(C2CN(C(=O)OC(C)(C)C)C2)CC1. The van der Waals surface area contributed by atoms with Crippen LogP contribution in [0.2, 0.25) is 0 Å². The summed E-state index contributed by atoms with van der Waals surface area (Å²) in [6.45, 7) is 10.9. The van der Waals surface area contributed by atoms with Gasteiger partial charge in [-0.25, -0.2) is 4.79 Å². The fourth-order valence-corrected chi connectivity index (χ4v) is 2.53. The molecule has 5 nitrogen and oxygen atoms in total. The summed E-state index contributed by atoms with van der Waals surface area (Å²) in [4.78, 5) is 15.9. The number of aliphatic hydroxyl groups is 1. The first-order valence-electron chi connectivity index (χ1n) is 7.11. The number of ether oxygens (including phenoxy) is 1. The van der Waals surface area contributed by atoms with Gasteiger partial charge in [-0.2, -0.15) is 0 Å². The van der Waals surface area contributed by atoms with Gasteiger partial charge in [-0.1, -0.05) is 0 Å². The van der Waals surface area contributed by atoms with Gasteiger partial charge in [0.25, 0.3) is 0 Å². The monoisotopic (exact) mass is 270 g/mol. The molecule has 19 heavy (non-hydrogen) atoms. The van der Waals surface area contributed by atoms with E-state index in [1.807, 2.05) is 27.7 Å². The molecule has 0 saturated carbocycles. The molecule has 2 aliphatic rings. The minimum atomic E-state index is -0.509. The van der Waals surface area contributed by atoms with Crippen LogP contribution in [0.4, 0.5) is 4.79 Å². The third-order valence-corrected chi connectivity index (χ3v) is 3.91. The predicted octanol–water partition coefficient (Wildman–Crippen LogP) is 1.45. The number of rotatable bonds is 1. The number of carbonyl (C=O) groups excluding carboxylic acids is 1. The van der Waals surface area contributed by atoms with E-state index >= 15 is 0 Å². The number of amides is 1. The second-order valence-corrected chi connectivity index (χ2v) is 7.07. The Labute approximate surface area is 115 Å². The molecule has 0 radical (unpaired) electrons. The maximum absolute atomic E-state index is 11.8. The Hall–Kier alpha value is -0.810. The Balaban J connectivity index is 1.73. The van der Waals surface area contributed by atoms with E-state index in [2.05, 4.69) is 4.90 Å². The molecule has 0 aromatic rings. The summed E-state index contributed by atoms with van der Waals surface area (Å²) in [6, 6.07) is 0.434. The largest absolute Gasteiger partial charge is 0.444 e. The molecule has 0 aromatic carbocycles. The van der Waals surface area contributed by atoms with Crippen molar-refractivity contribution in [3.05, 3.63) is 0 Å². The first-order valence-corrected chi connectivity index (χ1v) is 7.11. The van der Waals surface area contributed by atoms with Gasteiger partial charge < -0.3 is 14.7 Å². The number of hydrogen-bond acceptors (Lipinski definition) is 4. The van der Waals surface area contributed by atoms with Gasteiger partial charge in [0.05, 0.1) is 5.60 Å². The van der Waals surface area contributed by atoms with Gasteiger partial charge in [0.2, 0.25) is 0 Å². The molecule has 0 atom stereocenters. The lowest BCUT2D eigenvalue weighted by molar-refractivity contribution is -0.0518. The smallest absolute Gasteiger partial charge is 0.410 e. The molecule has 2 fully saturated rings. The van der Waals surface area contributed by atoms with Crippen LogP contribution in [0.3, 0.4) is 0 Å². The maximum Gasteiger partial charge on any atom is 0.410 e. The summed E-state index contributed by atoms with van der Waals surface area (Å²) in [5, 5.41) is 9.92. The lowest BCUT2D eigenvalue weighted by Crippen LogP contribution is -2.63. The highest BCUT2D eigenvalue weighted by atomic mass is 16.6. The van der Waals surface area contributed by atoms with Gasteiger partial charge in [0, 0.05) is 32.2 Å². The summed E-state index contributed by atoms with van der Waals surface area (Å²) in [7, 11) is 0.